The minimum Gasteiger partial charge on any atom is -0.507 e. The Labute approximate surface area is 138 Å². The van der Waals surface area contributed by atoms with Crippen LogP contribution < -0.4 is 4.90 Å². The van der Waals surface area contributed by atoms with Gasteiger partial charge in [0.05, 0.1) is 19.3 Å². The van der Waals surface area contributed by atoms with Crippen molar-refractivity contribution in [1.82, 2.24) is 9.99 Å². The molecular formula is C16H17BrN4O. The maximum absolute atomic E-state index is 9.81. The van der Waals surface area contributed by atoms with Crippen LogP contribution in [0.25, 0.3) is 0 Å². The SMILES string of the molecule is Oc1ccc(Br)cc1C=NN1CCN(c2ccccn2)CC1. The van der Waals surface area contributed by atoms with Gasteiger partial charge in [-0.25, -0.2) is 4.98 Å². The van der Waals surface area contributed by atoms with Gasteiger partial charge in [0.25, 0.3) is 0 Å². The number of phenols is 1. The normalized spacial score (nSPS) is 15.5. The smallest absolute Gasteiger partial charge is 0.128 e. The van der Waals surface area contributed by atoms with Crippen LogP contribution in [0.15, 0.2) is 52.2 Å². The fraction of sp³-hybridized carbons (Fsp3) is 0.250. The Kier molecular flexibility index (Phi) is 4.58. The van der Waals surface area contributed by atoms with E-state index in [1.54, 1.807) is 18.3 Å². The summed E-state index contributed by atoms with van der Waals surface area (Å²) in [5.41, 5.74) is 0.710. The summed E-state index contributed by atoms with van der Waals surface area (Å²) in [6.45, 7) is 3.45. The van der Waals surface area contributed by atoms with Crippen LogP contribution in [0.3, 0.4) is 0 Å². The lowest BCUT2D eigenvalue weighted by atomic mass is 10.2. The van der Waals surface area contributed by atoms with Gasteiger partial charge >= 0.3 is 0 Å². The van der Waals surface area contributed by atoms with E-state index >= 15 is 0 Å². The Bertz CT molecular complexity index is 654. The Morgan fingerprint density at radius 3 is 2.68 bits per heavy atom. The molecule has 1 fully saturated rings. The number of nitrogens with zero attached hydrogens (tertiary/aromatic N) is 4. The minimum atomic E-state index is 0.235. The number of hydrazone groups is 1. The molecule has 1 aromatic heterocycles. The van der Waals surface area contributed by atoms with E-state index in [1.165, 1.54) is 0 Å². The number of hydrogen-bond acceptors (Lipinski definition) is 5. The molecule has 3 rings (SSSR count). The molecule has 0 spiro atoms. The van der Waals surface area contributed by atoms with Crippen LogP contribution in [-0.4, -0.2) is 47.5 Å². The molecule has 2 heterocycles. The highest BCUT2D eigenvalue weighted by molar-refractivity contribution is 9.10. The quantitative estimate of drug-likeness (QED) is 0.855. The van der Waals surface area contributed by atoms with Crippen LogP contribution in [0, 0.1) is 0 Å². The Morgan fingerprint density at radius 2 is 1.95 bits per heavy atom. The highest BCUT2D eigenvalue weighted by atomic mass is 79.9. The van der Waals surface area contributed by atoms with Crippen molar-refractivity contribution in [2.75, 3.05) is 31.1 Å². The van der Waals surface area contributed by atoms with Gasteiger partial charge in [-0.05, 0) is 30.3 Å². The number of piperazine rings is 1. The van der Waals surface area contributed by atoms with E-state index < -0.39 is 0 Å². The topological polar surface area (TPSA) is 52.0 Å². The maximum atomic E-state index is 9.81. The summed E-state index contributed by atoms with van der Waals surface area (Å²) < 4.78 is 0.923. The average Bonchev–Trinajstić information content (AvgIpc) is 2.57. The molecule has 22 heavy (non-hydrogen) atoms. The van der Waals surface area contributed by atoms with Crippen LogP contribution in [-0.2, 0) is 0 Å². The van der Waals surface area contributed by atoms with Crippen molar-refractivity contribution in [3.05, 3.63) is 52.6 Å². The zero-order valence-corrected chi connectivity index (χ0v) is 13.6. The van der Waals surface area contributed by atoms with E-state index in [0.29, 0.717) is 5.56 Å². The van der Waals surface area contributed by atoms with Gasteiger partial charge in [0, 0.05) is 29.3 Å². The molecule has 0 bridgehead atoms. The number of aromatic nitrogens is 1. The predicted octanol–water partition coefficient (Wildman–Crippen LogP) is 2.71. The minimum absolute atomic E-state index is 0.235. The van der Waals surface area contributed by atoms with Crippen LogP contribution in [0.5, 0.6) is 5.75 Å². The summed E-state index contributed by atoms with van der Waals surface area (Å²) in [7, 11) is 0. The summed E-state index contributed by atoms with van der Waals surface area (Å²) in [5.74, 6) is 1.25. The first-order chi connectivity index (χ1) is 10.7. The maximum Gasteiger partial charge on any atom is 0.128 e. The van der Waals surface area contributed by atoms with E-state index in [1.807, 2.05) is 35.5 Å². The molecule has 0 saturated carbocycles. The highest BCUT2D eigenvalue weighted by Gasteiger charge is 2.16. The molecule has 114 valence electrons. The Morgan fingerprint density at radius 1 is 1.14 bits per heavy atom. The predicted molar refractivity (Wildman–Crippen MR) is 91.4 cm³/mol. The molecule has 2 aromatic rings. The number of aromatic hydroxyl groups is 1. The molecule has 0 aliphatic carbocycles. The van der Waals surface area contributed by atoms with Crippen molar-refractivity contribution in [2.45, 2.75) is 0 Å². The molecule has 0 radical (unpaired) electrons. The van der Waals surface area contributed by atoms with Crippen LogP contribution >= 0.6 is 15.9 Å². The first kappa shape index (κ1) is 14.8. The van der Waals surface area contributed by atoms with Crippen molar-refractivity contribution in [2.24, 2.45) is 5.10 Å². The highest BCUT2D eigenvalue weighted by Crippen LogP contribution is 2.20. The molecule has 1 aliphatic rings. The van der Waals surface area contributed by atoms with Crippen molar-refractivity contribution in [3.8, 4) is 5.75 Å². The molecule has 1 aromatic carbocycles. The van der Waals surface area contributed by atoms with Crippen molar-refractivity contribution in [3.63, 3.8) is 0 Å². The molecule has 0 atom stereocenters. The Balaban J connectivity index is 1.60. The molecule has 0 amide bonds. The number of rotatable bonds is 3. The number of hydrogen-bond donors (Lipinski definition) is 1. The third kappa shape index (κ3) is 3.57. The fourth-order valence-corrected chi connectivity index (χ4v) is 2.73. The number of phenolic OH excluding ortho intramolecular Hbond substituents is 1. The molecule has 1 N–H and O–H groups in total. The third-order valence-corrected chi connectivity index (χ3v) is 4.07. The van der Waals surface area contributed by atoms with Crippen LogP contribution in [0.4, 0.5) is 5.82 Å². The van der Waals surface area contributed by atoms with Crippen LogP contribution in [0.1, 0.15) is 5.56 Å². The van der Waals surface area contributed by atoms with Gasteiger partial charge in [0.15, 0.2) is 0 Å². The molecule has 6 heteroatoms. The second kappa shape index (κ2) is 6.79. The van der Waals surface area contributed by atoms with E-state index in [4.69, 9.17) is 0 Å². The van der Waals surface area contributed by atoms with Gasteiger partial charge in [-0.2, -0.15) is 5.10 Å². The zero-order chi connectivity index (χ0) is 15.4. The van der Waals surface area contributed by atoms with Gasteiger partial charge < -0.3 is 10.0 Å². The van der Waals surface area contributed by atoms with Crippen LogP contribution in [0.2, 0.25) is 0 Å². The summed E-state index contributed by atoms with van der Waals surface area (Å²) in [6, 6.07) is 11.3. The van der Waals surface area contributed by atoms with Gasteiger partial charge in [0.1, 0.15) is 11.6 Å². The molecule has 1 aliphatic heterocycles. The number of pyridine rings is 1. The summed E-state index contributed by atoms with van der Waals surface area (Å²) in [6.07, 6.45) is 3.52. The number of halogens is 1. The summed E-state index contributed by atoms with van der Waals surface area (Å²) >= 11 is 3.40. The lowest BCUT2D eigenvalue weighted by Crippen LogP contribution is -2.44. The molecule has 1 saturated heterocycles. The summed E-state index contributed by atoms with van der Waals surface area (Å²) in [5, 5.41) is 16.3. The van der Waals surface area contributed by atoms with E-state index in [-0.39, 0.29) is 5.75 Å². The number of benzene rings is 1. The largest absolute Gasteiger partial charge is 0.507 e. The fourth-order valence-electron chi connectivity index (χ4n) is 2.35. The Hall–Kier alpha value is -2.08. The first-order valence-corrected chi connectivity index (χ1v) is 7.95. The third-order valence-electron chi connectivity index (χ3n) is 3.58. The summed E-state index contributed by atoms with van der Waals surface area (Å²) in [4.78, 5) is 6.63. The van der Waals surface area contributed by atoms with Gasteiger partial charge in [-0.1, -0.05) is 22.0 Å². The first-order valence-electron chi connectivity index (χ1n) is 7.16. The average molecular weight is 361 g/mol. The van der Waals surface area contributed by atoms with E-state index in [9.17, 15) is 5.11 Å². The molecular weight excluding hydrogens is 344 g/mol. The lowest BCUT2D eigenvalue weighted by molar-refractivity contribution is 0.271. The molecule has 5 nitrogen and oxygen atoms in total. The number of anilines is 1. The van der Waals surface area contributed by atoms with E-state index in [0.717, 1.165) is 36.5 Å². The van der Waals surface area contributed by atoms with Crippen molar-refractivity contribution in [1.29, 1.82) is 0 Å². The molecule has 0 unspecified atom stereocenters. The standard InChI is InChI=1S/C16H17BrN4O/c17-14-4-5-15(22)13(11-14)12-19-21-9-7-20(8-10-21)16-3-1-2-6-18-16/h1-6,11-12,22H,7-10H2. The van der Waals surface area contributed by atoms with E-state index in [2.05, 4.69) is 30.9 Å². The second-order valence-corrected chi connectivity index (χ2v) is 5.99. The second-order valence-electron chi connectivity index (χ2n) is 5.08. The van der Waals surface area contributed by atoms with Crippen molar-refractivity contribution < 1.29 is 5.11 Å². The van der Waals surface area contributed by atoms with Gasteiger partial charge in [-0.3, -0.25) is 5.01 Å². The lowest BCUT2D eigenvalue weighted by Gasteiger charge is -2.33. The monoisotopic (exact) mass is 360 g/mol. The zero-order valence-electron chi connectivity index (χ0n) is 12.1. The van der Waals surface area contributed by atoms with Gasteiger partial charge in [0.2, 0.25) is 0 Å². The van der Waals surface area contributed by atoms with Gasteiger partial charge in [-0.15, -0.1) is 0 Å². The van der Waals surface area contributed by atoms with Crippen molar-refractivity contribution >= 4 is 28.0 Å².